The molecule has 1 aromatic rings. The number of amides is 1. The van der Waals surface area contributed by atoms with Crippen LogP contribution in [0.3, 0.4) is 0 Å². The van der Waals surface area contributed by atoms with E-state index in [2.05, 4.69) is 29.0 Å². The zero-order chi connectivity index (χ0) is 20.9. The van der Waals surface area contributed by atoms with Crippen molar-refractivity contribution in [3.05, 3.63) is 42.9 Å². The minimum absolute atomic E-state index is 0. The van der Waals surface area contributed by atoms with Crippen molar-refractivity contribution in [2.45, 2.75) is 71.9 Å². The topological polar surface area (TPSA) is 103 Å². The Morgan fingerprint density at radius 2 is 2.04 bits per heavy atom. The normalized spacial score (nSPS) is 12.1. The number of unbranched alkanes of at least 4 members (excludes halogenated alkanes) is 1. The fourth-order valence-corrected chi connectivity index (χ4v) is 2.02. The van der Waals surface area contributed by atoms with Gasteiger partial charge in [-0.3, -0.25) is 0 Å². The van der Waals surface area contributed by atoms with E-state index in [1.54, 1.807) is 12.2 Å². The van der Waals surface area contributed by atoms with E-state index >= 15 is 0 Å². The van der Waals surface area contributed by atoms with Gasteiger partial charge in [0.25, 0.3) is 0 Å². The second-order valence-electron chi connectivity index (χ2n) is 6.74. The standard InChI is InChI=1S/C18H29N4O3.C2H6.V/c1-6-13(7-2)12-15-21-16(25-22-15)14(19)10-8-9-11-20-17(23)24-18(3,4)5;1-2;/h6-7,14H,1-2,8-12,19H2,3-5H3,(H,20,23);1-2H3;/q-1;;/b13-6+;;. The van der Waals surface area contributed by atoms with Gasteiger partial charge in [0.2, 0.25) is 5.89 Å². The first-order valence-corrected chi connectivity index (χ1v) is 9.40. The quantitative estimate of drug-likeness (QED) is 0.344. The Kier molecular flexibility index (Phi) is 15.5. The molecule has 0 aromatic carbocycles. The van der Waals surface area contributed by atoms with E-state index in [1.807, 2.05) is 34.6 Å². The zero-order valence-corrected chi connectivity index (χ0v) is 19.2. The van der Waals surface area contributed by atoms with Crippen LogP contribution in [0.2, 0.25) is 0 Å². The summed E-state index contributed by atoms with van der Waals surface area (Å²) in [7, 11) is 0. The van der Waals surface area contributed by atoms with Crippen molar-refractivity contribution in [1.82, 2.24) is 15.5 Å². The van der Waals surface area contributed by atoms with Crippen LogP contribution in [0.1, 0.15) is 71.6 Å². The van der Waals surface area contributed by atoms with Crippen molar-refractivity contribution in [3.8, 4) is 0 Å². The SMILES string of the molecule is C=C/C(=C\[CH2-])Cc1noc(C(N)CCCCNC(=O)OC(C)(C)C)n1.CC.[V]. The first kappa shape index (κ1) is 28.5. The van der Waals surface area contributed by atoms with Gasteiger partial charge in [-0.25, -0.2) is 17.8 Å². The molecule has 1 atom stereocenters. The minimum Gasteiger partial charge on any atom is -0.444 e. The van der Waals surface area contributed by atoms with Crippen LogP contribution < -0.4 is 11.1 Å². The third-order valence-electron chi connectivity index (χ3n) is 3.30. The molecule has 0 saturated heterocycles. The second kappa shape index (κ2) is 15.3. The summed E-state index contributed by atoms with van der Waals surface area (Å²) < 4.78 is 10.4. The molecule has 1 amide bonds. The molecule has 0 bridgehead atoms. The molecule has 0 spiro atoms. The Morgan fingerprint density at radius 1 is 1.39 bits per heavy atom. The predicted molar refractivity (Wildman–Crippen MR) is 108 cm³/mol. The molecule has 0 aliphatic carbocycles. The maximum atomic E-state index is 11.5. The molecular weight excluding hydrogens is 395 g/mol. The molecule has 1 radical (unpaired) electrons. The van der Waals surface area contributed by atoms with Crippen molar-refractivity contribution in [2.75, 3.05) is 6.54 Å². The van der Waals surface area contributed by atoms with Crippen LogP contribution in [0.15, 0.2) is 28.8 Å². The van der Waals surface area contributed by atoms with Crippen LogP contribution in [-0.2, 0) is 29.7 Å². The van der Waals surface area contributed by atoms with Crippen molar-refractivity contribution >= 4 is 6.09 Å². The van der Waals surface area contributed by atoms with Crippen molar-refractivity contribution in [1.29, 1.82) is 0 Å². The van der Waals surface area contributed by atoms with Gasteiger partial charge >= 0.3 is 6.09 Å². The number of allylic oxidation sites excluding steroid dienone is 3. The van der Waals surface area contributed by atoms with Crippen LogP contribution in [0.5, 0.6) is 0 Å². The van der Waals surface area contributed by atoms with E-state index < -0.39 is 11.7 Å². The number of nitrogens with two attached hydrogens (primary N) is 1. The molecule has 3 N–H and O–H groups in total. The molecule has 0 aliphatic rings. The minimum atomic E-state index is -0.489. The van der Waals surface area contributed by atoms with E-state index in [1.165, 1.54) is 0 Å². The number of nitrogens with zero attached hydrogens (tertiary/aromatic N) is 2. The third kappa shape index (κ3) is 12.6. The molecule has 1 unspecified atom stereocenters. The van der Waals surface area contributed by atoms with E-state index in [0.29, 0.717) is 31.1 Å². The first-order valence-electron chi connectivity index (χ1n) is 9.40. The Bertz CT molecular complexity index is 595. The zero-order valence-electron chi connectivity index (χ0n) is 17.8. The fraction of sp³-hybridized carbons (Fsp3) is 0.600. The summed E-state index contributed by atoms with van der Waals surface area (Å²) in [6.07, 6.45) is 5.83. The maximum Gasteiger partial charge on any atom is 0.407 e. The van der Waals surface area contributed by atoms with Crippen molar-refractivity contribution in [2.24, 2.45) is 5.73 Å². The van der Waals surface area contributed by atoms with Gasteiger partial charge in [0.15, 0.2) is 5.82 Å². The maximum absolute atomic E-state index is 11.5. The molecule has 0 saturated carbocycles. The average Bonchev–Trinajstić information content (AvgIpc) is 3.08. The van der Waals surface area contributed by atoms with Crippen LogP contribution in [0, 0.1) is 6.92 Å². The monoisotopic (exact) mass is 430 g/mol. The molecule has 159 valence electrons. The number of hydrogen-bond donors (Lipinski definition) is 2. The number of carbonyl (C=O) groups is 1. The van der Waals surface area contributed by atoms with Crippen LogP contribution in [0.25, 0.3) is 0 Å². The summed E-state index contributed by atoms with van der Waals surface area (Å²) in [6, 6.07) is -0.321. The molecule has 0 aliphatic heterocycles. The average molecular weight is 430 g/mol. The van der Waals surface area contributed by atoms with Crippen molar-refractivity contribution in [3.63, 3.8) is 0 Å². The number of nitrogens with one attached hydrogen (secondary N) is 1. The van der Waals surface area contributed by atoms with Crippen LogP contribution in [-0.4, -0.2) is 28.4 Å². The van der Waals surface area contributed by atoms with Gasteiger partial charge in [-0.2, -0.15) is 10.6 Å². The van der Waals surface area contributed by atoms with Gasteiger partial charge in [0.1, 0.15) is 5.60 Å². The van der Waals surface area contributed by atoms with E-state index in [4.69, 9.17) is 15.0 Å². The first-order chi connectivity index (χ1) is 12.7. The van der Waals surface area contributed by atoms with Gasteiger partial charge in [-0.15, -0.1) is 12.7 Å². The Balaban J connectivity index is 0. The smallest absolute Gasteiger partial charge is 0.407 e. The molecule has 1 heterocycles. The molecule has 28 heavy (non-hydrogen) atoms. The predicted octanol–water partition coefficient (Wildman–Crippen LogP) is 4.28. The van der Waals surface area contributed by atoms with Gasteiger partial charge in [-0.1, -0.05) is 19.0 Å². The summed E-state index contributed by atoms with van der Waals surface area (Å²) in [4.78, 5) is 15.8. The third-order valence-corrected chi connectivity index (χ3v) is 3.30. The number of alkyl carbamates (subject to hydrolysis) is 1. The van der Waals surface area contributed by atoms with Crippen molar-refractivity contribution < 1.29 is 32.6 Å². The Morgan fingerprint density at radius 3 is 2.57 bits per heavy atom. The summed E-state index contributed by atoms with van der Waals surface area (Å²) in [6.45, 7) is 17.4. The largest absolute Gasteiger partial charge is 0.444 e. The fourth-order valence-electron chi connectivity index (χ4n) is 2.02. The summed E-state index contributed by atoms with van der Waals surface area (Å²) >= 11 is 0. The number of hydrogen-bond acceptors (Lipinski definition) is 6. The number of carbonyl (C=O) groups excluding carboxylic acids is 1. The molecule has 1 rings (SSSR count). The second-order valence-corrected chi connectivity index (χ2v) is 6.74. The number of rotatable bonds is 9. The van der Waals surface area contributed by atoms with Crippen LogP contribution in [0.4, 0.5) is 4.79 Å². The molecule has 8 heteroatoms. The summed E-state index contributed by atoms with van der Waals surface area (Å²) in [5.41, 5.74) is 6.51. The van der Waals surface area contributed by atoms with E-state index in [-0.39, 0.29) is 24.6 Å². The summed E-state index contributed by atoms with van der Waals surface area (Å²) in [5.74, 6) is 0.981. The summed E-state index contributed by atoms with van der Waals surface area (Å²) in [5, 5.41) is 6.63. The van der Waals surface area contributed by atoms with Crippen LogP contribution >= 0.6 is 0 Å². The molecule has 0 fully saturated rings. The number of ether oxygens (including phenoxy) is 1. The number of aromatic nitrogens is 2. The molecule has 1 aromatic heterocycles. The molecule has 7 nitrogen and oxygen atoms in total. The van der Waals surface area contributed by atoms with E-state index in [9.17, 15) is 4.79 Å². The van der Waals surface area contributed by atoms with Gasteiger partial charge in [0.05, 0.1) is 6.04 Å². The van der Waals surface area contributed by atoms with E-state index in [0.717, 1.165) is 18.4 Å². The van der Waals surface area contributed by atoms with Gasteiger partial charge in [-0.05, 0) is 46.5 Å². The molecular formula is C20H35N4O3V-. The van der Waals surface area contributed by atoms with Gasteiger partial charge < -0.3 is 20.3 Å². The van der Waals surface area contributed by atoms with Gasteiger partial charge in [0, 0.05) is 25.1 Å². The Hall–Kier alpha value is -1.70. The Labute approximate surface area is 181 Å².